The molecule has 6 nitrogen and oxygen atoms in total. The van der Waals surface area contributed by atoms with Gasteiger partial charge in [0.25, 0.3) is 0 Å². The minimum atomic E-state index is -0.201. The number of nitrogens with zero attached hydrogens (tertiary/aromatic N) is 1. The van der Waals surface area contributed by atoms with Crippen molar-refractivity contribution in [3.63, 3.8) is 0 Å². The number of rotatable bonds is 8. The highest BCUT2D eigenvalue weighted by Gasteiger charge is 2.35. The van der Waals surface area contributed by atoms with E-state index < -0.39 is 0 Å². The summed E-state index contributed by atoms with van der Waals surface area (Å²) in [4.78, 5) is 15.7. The molecular formula is C27H38N4O2. The van der Waals surface area contributed by atoms with Gasteiger partial charge >= 0.3 is 0 Å². The lowest BCUT2D eigenvalue weighted by atomic mass is 9.82. The Morgan fingerprint density at radius 3 is 2.67 bits per heavy atom. The summed E-state index contributed by atoms with van der Waals surface area (Å²) < 4.78 is 5.70. The van der Waals surface area contributed by atoms with Crippen LogP contribution in [0.4, 0.5) is 5.69 Å². The fraction of sp³-hybridized carbons (Fsp3) is 0.556. The van der Waals surface area contributed by atoms with E-state index in [9.17, 15) is 4.79 Å². The first-order valence-electron chi connectivity index (χ1n) is 12.5. The predicted octanol–water partition coefficient (Wildman–Crippen LogP) is 5.41. The number of unbranched alkanes of at least 4 members (excludes halogenated alkanes) is 1. The molecule has 1 amide bonds. The number of fused-ring (bicyclic) bond motifs is 1. The van der Waals surface area contributed by atoms with Crippen LogP contribution in [-0.2, 0) is 17.6 Å². The standard InChI is InChI=1S/C27H38N4O2/c1-4-5-12-24(31-17(2)8-6-9-18(31)3)21-10-7-11-23-22(21)16-19(27(32)30-23)15-20-13-14-25(33-20)26(28)29/h7,10-11,13-14,17-19,24H,4-6,8-9,12,15-16H2,1-3H3,(H3,28,29)(H,30,32). The summed E-state index contributed by atoms with van der Waals surface area (Å²) in [5.41, 5.74) is 9.14. The number of likely N-dealkylation sites (tertiary alicyclic amines) is 1. The fourth-order valence-electron chi connectivity index (χ4n) is 5.79. The van der Waals surface area contributed by atoms with Crippen molar-refractivity contribution in [1.29, 1.82) is 5.41 Å². The first-order valence-corrected chi connectivity index (χ1v) is 12.5. The third-order valence-electron chi connectivity index (χ3n) is 7.48. The molecule has 0 radical (unpaired) electrons. The molecule has 1 fully saturated rings. The molecule has 1 saturated heterocycles. The fourth-order valence-corrected chi connectivity index (χ4v) is 5.79. The molecule has 2 aliphatic rings. The summed E-state index contributed by atoms with van der Waals surface area (Å²) in [5.74, 6) is 0.792. The Morgan fingerprint density at radius 2 is 2.00 bits per heavy atom. The number of carbonyl (C=O) groups excluding carboxylic acids is 1. The second-order valence-electron chi connectivity index (χ2n) is 9.88. The van der Waals surface area contributed by atoms with Crippen LogP contribution in [-0.4, -0.2) is 28.7 Å². The van der Waals surface area contributed by atoms with E-state index in [4.69, 9.17) is 15.6 Å². The van der Waals surface area contributed by atoms with E-state index >= 15 is 0 Å². The Hall–Kier alpha value is -2.60. The first-order chi connectivity index (χ1) is 15.9. The van der Waals surface area contributed by atoms with Crippen molar-refractivity contribution in [3.05, 3.63) is 53.0 Å². The molecule has 4 N–H and O–H groups in total. The molecule has 2 aromatic rings. The molecule has 1 aromatic heterocycles. The molecule has 4 rings (SSSR count). The second-order valence-corrected chi connectivity index (χ2v) is 9.88. The van der Waals surface area contributed by atoms with Crippen molar-refractivity contribution in [3.8, 4) is 0 Å². The number of amidine groups is 1. The third kappa shape index (κ3) is 5.01. The molecule has 3 heterocycles. The van der Waals surface area contributed by atoms with Crippen LogP contribution in [0, 0.1) is 11.3 Å². The van der Waals surface area contributed by atoms with Crippen LogP contribution < -0.4 is 11.1 Å². The largest absolute Gasteiger partial charge is 0.458 e. The van der Waals surface area contributed by atoms with E-state index in [1.165, 1.54) is 43.2 Å². The Balaban J connectivity index is 1.64. The highest BCUT2D eigenvalue weighted by atomic mass is 16.3. The number of nitrogens with one attached hydrogen (secondary N) is 2. The SMILES string of the molecule is CCCCC(c1cccc2c1CC(Cc1ccc(C(=N)N)o1)C(=O)N2)N1C(C)CCCC1C. The van der Waals surface area contributed by atoms with Crippen molar-refractivity contribution in [2.24, 2.45) is 11.7 Å². The van der Waals surface area contributed by atoms with Gasteiger partial charge in [-0.1, -0.05) is 38.3 Å². The predicted molar refractivity (Wildman–Crippen MR) is 133 cm³/mol. The van der Waals surface area contributed by atoms with Crippen LogP contribution in [0.15, 0.2) is 34.7 Å². The maximum atomic E-state index is 12.9. The summed E-state index contributed by atoms with van der Waals surface area (Å²) >= 11 is 0. The van der Waals surface area contributed by atoms with Crippen LogP contribution in [0.25, 0.3) is 0 Å². The zero-order valence-corrected chi connectivity index (χ0v) is 20.2. The number of piperidine rings is 1. The van der Waals surface area contributed by atoms with E-state index in [1.807, 2.05) is 12.1 Å². The number of hydrogen-bond donors (Lipinski definition) is 3. The maximum Gasteiger partial charge on any atom is 0.228 e. The Morgan fingerprint density at radius 1 is 1.24 bits per heavy atom. The van der Waals surface area contributed by atoms with Gasteiger partial charge in [0.05, 0.1) is 0 Å². The lowest BCUT2D eigenvalue weighted by molar-refractivity contribution is -0.120. The smallest absolute Gasteiger partial charge is 0.228 e. The number of anilines is 1. The minimum absolute atomic E-state index is 0.0326. The van der Waals surface area contributed by atoms with E-state index in [1.54, 1.807) is 6.07 Å². The van der Waals surface area contributed by atoms with Crippen molar-refractivity contribution in [2.45, 2.75) is 90.3 Å². The van der Waals surface area contributed by atoms with Crippen LogP contribution in [0.3, 0.4) is 0 Å². The molecular weight excluding hydrogens is 412 g/mol. The van der Waals surface area contributed by atoms with Gasteiger partial charge in [-0.25, -0.2) is 0 Å². The normalized spacial score (nSPS) is 24.2. The summed E-state index contributed by atoms with van der Waals surface area (Å²) in [6.45, 7) is 7.01. The van der Waals surface area contributed by atoms with Crippen molar-refractivity contribution in [1.82, 2.24) is 4.90 Å². The first kappa shape index (κ1) is 23.6. The number of carbonyl (C=O) groups is 1. The Bertz CT molecular complexity index is 988. The third-order valence-corrected chi connectivity index (χ3v) is 7.48. The van der Waals surface area contributed by atoms with Gasteiger partial charge < -0.3 is 15.5 Å². The average molecular weight is 451 g/mol. The lowest BCUT2D eigenvalue weighted by Gasteiger charge is -2.45. The van der Waals surface area contributed by atoms with Crippen LogP contribution >= 0.6 is 0 Å². The number of nitrogen functional groups attached to an aromatic ring is 1. The van der Waals surface area contributed by atoms with E-state index in [-0.39, 0.29) is 17.7 Å². The van der Waals surface area contributed by atoms with Crippen molar-refractivity contribution in [2.75, 3.05) is 5.32 Å². The molecule has 0 spiro atoms. The number of benzene rings is 1. The lowest BCUT2D eigenvalue weighted by Crippen LogP contribution is -2.46. The Labute approximate surface area is 197 Å². The molecule has 0 bridgehead atoms. The monoisotopic (exact) mass is 450 g/mol. The van der Waals surface area contributed by atoms with Gasteiger partial charge in [0, 0.05) is 36.2 Å². The average Bonchev–Trinajstić information content (AvgIpc) is 3.25. The van der Waals surface area contributed by atoms with E-state index in [0.717, 1.165) is 12.1 Å². The summed E-state index contributed by atoms with van der Waals surface area (Å²) in [5, 5.41) is 10.7. The van der Waals surface area contributed by atoms with E-state index in [2.05, 4.69) is 43.1 Å². The van der Waals surface area contributed by atoms with E-state index in [0.29, 0.717) is 42.5 Å². The van der Waals surface area contributed by atoms with Gasteiger partial charge in [-0.2, -0.15) is 0 Å². The number of hydrogen-bond acceptors (Lipinski definition) is 4. The molecule has 1 aromatic carbocycles. The molecule has 4 atom stereocenters. The quantitative estimate of drug-likeness (QED) is 0.370. The minimum Gasteiger partial charge on any atom is -0.458 e. The topological polar surface area (TPSA) is 95.4 Å². The summed E-state index contributed by atoms with van der Waals surface area (Å²) in [6.07, 6.45) is 8.52. The zero-order valence-electron chi connectivity index (χ0n) is 20.2. The molecule has 2 aliphatic heterocycles. The molecule has 6 heteroatoms. The summed E-state index contributed by atoms with van der Waals surface area (Å²) in [7, 11) is 0. The molecule has 0 aliphatic carbocycles. The molecule has 0 saturated carbocycles. The molecule has 4 unspecified atom stereocenters. The second kappa shape index (κ2) is 10.1. The van der Waals surface area contributed by atoms with Gasteiger partial charge in [0.15, 0.2) is 11.6 Å². The zero-order chi connectivity index (χ0) is 23.5. The van der Waals surface area contributed by atoms with Crippen LogP contribution in [0.5, 0.6) is 0 Å². The van der Waals surface area contributed by atoms with Crippen LogP contribution in [0.1, 0.15) is 88.0 Å². The highest BCUT2D eigenvalue weighted by molar-refractivity contribution is 5.96. The van der Waals surface area contributed by atoms with Crippen molar-refractivity contribution < 1.29 is 9.21 Å². The number of nitrogens with two attached hydrogens (primary N) is 1. The molecule has 178 valence electrons. The van der Waals surface area contributed by atoms with Gasteiger partial charge in [0.2, 0.25) is 5.91 Å². The summed E-state index contributed by atoms with van der Waals surface area (Å²) in [6, 6.07) is 11.4. The van der Waals surface area contributed by atoms with Gasteiger partial charge in [0.1, 0.15) is 5.76 Å². The van der Waals surface area contributed by atoms with Gasteiger partial charge in [-0.05, 0) is 68.9 Å². The number of furan rings is 1. The van der Waals surface area contributed by atoms with Crippen LogP contribution in [0.2, 0.25) is 0 Å². The highest BCUT2D eigenvalue weighted by Crippen LogP contribution is 2.41. The maximum absolute atomic E-state index is 12.9. The Kier molecular flexibility index (Phi) is 7.23. The van der Waals surface area contributed by atoms with Gasteiger partial charge in [-0.15, -0.1) is 0 Å². The number of amides is 1. The van der Waals surface area contributed by atoms with Gasteiger partial charge in [-0.3, -0.25) is 15.1 Å². The molecule has 33 heavy (non-hydrogen) atoms. The van der Waals surface area contributed by atoms with Crippen molar-refractivity contribution >= 4 is 17.4 Å².